The normalized spacial score (nSPS) is 11.6. The van der Waals surface area contributed by atoms with Gasteiger partial charge in [0, 0.05) is 18.7 Å². The number of carbonyl (C=O) groups excluding carboxylic acids is 1. The fourth-order valence-corrected chi connectivity index (χ4v) is 1.48. The van der Waals surface area contributed by atoms with Gasteiger partial charge in [0.2, 0.25) is 5.91 Å². The second kappa shape index (κ2) is 6.66. The van der Waals surface area contributed by atoms with E-state index in [2.05, 4.69) is 5.32 Å². The molecule has 0 saturated carbocycles. The van der Waals surface area contributed by atoms with Gasteiger partial charge in [-0.25, -0.2) is 0 Å². The van der Waals surface area contributed by atoms with E-state index in [-0.39, 0.29) is 18.4 Å². The Morgan fingerprint density at radius 3 is 2.65 bits per heavy atom. The number of nitrogens with zero attached hydrogens (tertiary/aromatic N) is 1. The number of nitrogens with one attached hydrogen (secondary N) is 1. The number of nitriles is 1. The van der Waals surface area contributed by atoms with Crippen LogP contribution in [0, 0.1) is 17.2 Å². The number of aliphatic hydroxyl groups excluding tert-OH is 1. The quantitative estimate of drug-likeness (QED) is 0.814. The molecule has 1 atom stereocenters. The van der Waals surface area contributed by atoms with E-state index in [4.69, 9.17) is 10.4 Å². The highest BCUT2D eigenvalue weighted by Gasteiger charge is 2.08. The molecule has 0 aliphatic rings. The number of aliphatic hydroxyl groups is 1. The van der Waals surface area contributed by atoms with E-state index in [1.807, 2.05) is 13.0 Å². The maximum Gasteiger partial charge on any atom is 0.224 e. The maximum atomic E-state index is 11.6. The molecule has 2 N–H and O–H groups in total. The molecule has 17 heavy (non-hydrogen) atoms. The van der Waals surface area contributed by atoms with Crippen LogP contribution in [0.15, 0.2) is 24.3 Å². The van der Waals surface area contributed by atoms with Crippen molar-refractivity contribution in [3.8, 4) is 6.07 Å². The van der Waals surface area contributed by atoms with Gasteiger partial charge in [0.15, 0.2) is 0 Å². The molecule has 0 aromatic heterocycles. The Hall–Kier alpha value is -1.86. The van der Waals surface area contributed by atoms with Gasteiger partial charge in [0.25, 0.3) is 0 Å². The Morgan fingerprint density at radius 2 is 2.12 bits per heavy atom. The zero-order valence-corrected chi connectivity index (χ0v) is 9.81. The first-order valence-electron chi connectivity index (χ1n) is 5.56. The van der Waals surface area contributed by atoms with Crippen molar-refractivity contribution in [1.29, 1.82) is 5.26 Å². The molecular formula is C13H16N2O2. The zero-order valence-electron chi connectivity index (χ0n) is 9.81. The fourth-order valence-electron chi connectivity index (χ4n) is 1.48. The number of hydrogen-bond acceptors (Lipinski definition) is 3. The Kier molecular flexibility index (Phi) is 5.18. The lowest BCUT2D eigenvalue weighted by atomic mass is 10.0. The van der Waals surface area contributed by atoms with Gasteiger partial charge in [0.1, 0.15) is 0 Å². The summed E-state index contributed by atoms with van der Waals surface area (Å²) in [6, 6.07) is 8.74. The van der Waals surface area contributed by atoms with Crippen molar-refractivity contribution in [2.75, 3.05) is 11.9 Å². The lowest BCUT2D eigenvalue weighted by Crippen LogP contribution is -2.15. The summed E-state index contributed by atoms with van der Waals surface area (Å²) in [4.78, 5) is 11.6. The minimum absolute atomic E-state index is 0.0735. The van der Waals surface area contributed by atoms with Crippen molar-refractivity contribution in [2.45, 2.75) is 19.8 Å². The van der Waals surface area contributed by atoms with E-state index in [1.165, 1.54) is 0 Å². The van der Waals surface area contributed by atoms with Gasteiger partial charge in [-0.2, -0.15) is 5.26 Å². The van der Waals surface area contributed by atoms with Crippen LogP contribution >= 0.6 is 0 Å². The largest absolute Gasteiger partial charge is 0.396 e. The molecule has 0 heterocycles. The van der Waals surface area contributed by atoms with Crippen LogP contribution in [0.3, 0.4) is 0 Å². The molecule has 0 aliphatic carbocycles. The predicted molar refractivity (Wildman–Crippen MR) is 65.3 cm³/mol. The third kappa shape index (κ3) is 4.66. The topological polar surface area (TPSA) is 73.1 Å². The molecule has 0 spiro atoms. The van der Waals surface area contributed by atoms with Gasteiger partial charge < -0.3 is 10.4 Å². The van der Waals surface area contributed by atoms with E-state index in [1.54, 1.807) is 24.3 Å². The molecule has 1 rings (SSSR count). The Bertz CT molecular complexity index is 406. The van der Waals surface area contributed by atoms with Crippen LogP contribution < -0.4 is 5.32 Å². The molecule has 0 saturated heterocycles. The van der Waals surface area contributed by atoms with Crippen LogP contribution in [0.2, 0.25) is 0 Å². The molecule has 0 bridgehead atoms. The van der Waals surface area contributed by atoms with E-state index >= 15 is 0 Å². The van der Waals surface area contributed by atoms with Crippen molar-refractivity contribution in [2.24, 2.45) is 5.92 Å². The standard InChI is InChI=1S/C13H16N2O2/c1-10(6-7-16)8-13(17)15-12-4-2-11(9-14)3-5-12/h2-5,10,16H,6-8H2,1H3,(H,15,17). The maximum absolute atomic E-state index is 11.6. The van der Waals surface area contributed by atoms with Crippen LogP contribution in [0.5, 0.6) is 0 Å². The van der Waals surface area contributed by atoms with Gasteiger partial charge in [0.05, 0.1) is 11.6 Å². The summed E-state index contributed by atoms with van der Waals surface area (Å²) in [7, 11) is 0. The lowest BCUT2D eigenvalue weighted by Gasteiger charge is -2.10. The molecule has 1 aromatic rings. The second-order valence-corrected chi connectivity index (χ2v) is 4.06. The first-order chi connectivity index (χ1) is 8.15. The molecule has 0 aliphatic heterocycles. The van der Waals surface area contributed by atoms with Gasteiger partial charge in [-0.15, -0.1) is 0 Å². The number of carbonyl (C=O) groups is 1. The molecule has 0 radical (unpaired) electrons. The van der Waals surface area contributed by atoms with E-state index in [0.717, 1.165) is 0 Å². The third-order valence-corrected chi connectivity index (χ3v) is 2.45. The number of hydrogen-bond donors (Lipinski definition) is 2. The van der Waals surface area contributed by atoms with Crippen molar-refractivity contribution in [3.63, 3.8) is 0 Å². The van der Waals surface area contributed by atoms with Crippen molar-refractivity contribution in [3.05, 3.63) is 29.8 Å². The van der Waals surface area contributed by atoms with Crippen molar-refractivity contribution in [1.82, 2.24) is 0 Å². The summed E-state index contributed by atoms with van der Waals surface area (Å²) in [6.45, 7) is 2.03. The van der Waals surface area contributed by atoms with E-state index < -0.39 is 0 Å². The van der Waals surface area contributed by atoms with Gasteiger partial charge in [-0.05, 0) is 36.6 Å². The second-order valence-electron chi connectivity index (χ2n) is 4.06. The SMILES string of the molecule is CC(CCO)CC(=O)Nc1ccc(C#N)cc1. The van der Waals surface area contributed by atoms with E-state index in [9.17, 15) is 4.79 Å². The molecule has 4 nitrogen and oxygen atoms in total. The molecule has 1 amide bonds. The summed E-state index contributed by atoms with van der Waals surface area (Å²) >= 11 is 0. The van der Waals surface area contributed by atoms with Crippen molar-refractivity contribution < 1.29 is 9.90 Å². The molecular weight excluding hydrogens is 216 g/mol. The minimum Gasteiger partial charge on any atom is -0.396 e. The number of rotatable bonds is 5. The molecule has 1 unspecified atom stereocenters. The average Bonchev–Trinajstić information content (AvgIpc) is 2.30. The van der Waals surface area contributed by atoms with Crippen molar-refractivity contribution >= 4 is 11.6 Å². The highest BCUT2D eigenvalue weighted by atomic mass is 16.3. The summed E-state index contributed by atoms with van der Waals surface area (Å²) < 4.78 is 0. The number of benzene rings is 1. The number of amides is 1. The van der Waals surface area contributed by atoms with Crippen LogP contribution in [0.4, 0.5) is 5.69 Å². The lowest BCUT2D eigenvalue weighted by molar-refractivity contribution is -0.117. The Labute approximate surface area is 101 Å². The summed E-state index contributed by atoms with van der Waals surface area (Å²) in [5.74, 6) is 0.0917. The highest BCUT2D eigenvalue weighted by Crippen LogP contribution is 2.12. The fraction of sp³-hybridized carbons (Fsp3) is 0.385. The first kappa shape index (κ1) is 13.2. The first-order valence-corrected chi connectivity index (χ1v) is 5.56. The predicted octanol–water partition coefficient (Wildman–Crippen LogP) is 1.91. The molecule has 90 valence electrons. The Morgan fingerprint density at radius 1 is 1.47 bits per heavy atom. The van der Waals surface area contributed by atoms with Gasteiger partial charge in [-0.1, -0.05) is 6.92 Å². The Balaban J connectivity index is 2.48. The third-order valence-electron chi connectivity index (χ3n) is 2.45. The minimum atomic E-state index is -0.0735. The highest BCUT2D eigenvalue weighted by molar-refractivity contribution is 5.90. The zero-order chi connectivity index (χ0) is 12.7. The summed E-state index contributed by atoms with van der Waals surface area (Å²) in [5.41, 5.74) is 1.25. The molecule has 4 heteroatoms. The molecule has 1 aromatic carbocycles. The smallest absolute Gasteiger partial charge is 0.224 e. The van der Waals surface area contributed by atoms with Crippen LogP contribution in [-0.4, -0.2) is 17.6 Å². The van der Waals surface area contributed by atoms with Crippen LogP contribution in [0.25, 0.3) is 0 Å². The van der Waals surface area contributed by atoms with E-state index in [0.29, 0.717) is 24.1 Å². The molecule has 0 fully saturated rings. The monoisotopic (exact) mass is 232 g/mol. The van der Waals surface area contributed by atoms with Crippen LogP contribution in [0.1, 0.15) is 25.3 Å². The van der Waals surface area contributed by atoms with Crippen LogP contribution in [-0.2, 0) is 4.79 Å². The number of anilines is 1. The average molecular weight is 232 g/mol. The van der Waals surface area contributed by atoms with Gasteiger partial charge >= 0.3 is 0 Å². The summed E-state index contributed by atoms with van der Waals surface area (Å²) in [6.07, 6.45) is 1.02. The van der Waals surface area contributed by atoms with Gasteiger partial charge in [-0.3, -0.25) is 4.79 Å². The summed E-state index contributed by atoms with van der Waals surface area (Å²) in [5, 5.41) is 20.1.